The molecule has 2 aromatic rings. The minimum atomic E-state index is -0.0447. The summed E-state index contributed by atoms with van der Waals surface area (Å²) in [6.45, 7) is 0.967. The number of carbonyl (C=O) groups is 1. The molecule has 2 fully saturated rings. The van der Waals surface area contributed by atoms with E-state index >= 15 is 0 Å². The molecule has 0 saturated heterocycles. The Balaban J connectivity index is 1.37. The standard InChI is InChI=1S/C21H27N5O/c22-19-14-9-8-13(11-14)18(19)21(27)23-16-6-4-5-15(12-16)20-25-24-17-7-2-1-3-10-26(17)20/h4-6,12-14,18-19H,1-3,7-11,22H2,(H,23,27). The van der Waals surface area contributed by atoms with E-state index in [4.69, 9.17) is 5.73 Å². The van der Waals surface area contributed by atoms with Crippen LogP contribution in [0.3, 0.4) is 0 Å². The highest BCUT2D eigenvalue weighted by atomic mass is 16.2. The van der Waals surface area contributed by atoms with E-state index in [1.807, 2.05) is 24.3 Å². The molecule has 142 valence electrons. The second-order valence-corrected chi connectivity index (χ2v) is 8.41. The van der Waals surface area contributed by atoms with Gasteiger partial charge in [0.05, 0.1) is 5.92 Å². The van der Waals surface area contributed by atoms with Crippen molar-refractivity contribution in [2.45, 2.75) is 57.5 Å². The van der Waals surface area contributed by atoms with Crippen LogP contribution in [0.15, 0.2) is 24.3 Å². The number of anilines is 1. The third-order valence-corrected chi connectivity index (χ3v) is 6.78. The Morgan fingerprint density at radius 1 is 1.15 bits per heavy atom. The number of benzene rings is 1. The first kappa shape index (κ1) is 16.9. The van der Waals surface area contributed by atoms with Crippen LogP contribution in [0, 0.1) is 17.8 Å². The first-order valence-electron chi connectivity index (χ1n) is 10.3. The van der Waals surface area contributed by atoms with Crippen molar-refractivity contribution in [2.75, 3.05) is 5.32 Å². The summed E-state index contributed by atoms with van der Waals surface area (Å²) in [7, 11) is 0. The molecule has 3 aliphatic rings. The van der Waals surface area contributed by atoms with Crippen LogP contribution in [0.25, 0.3) is 11.4 Å². The maximum absolute atomic E-state index is 12.9. The number of nitrogens with zero attached hydrogens (tertiary/aromatic N) is 3. The van der Waals surface area contributed by atoms with Crippen LogP contribution >= 0.6 is 0 Å². The van der Waals surface area contributed by atoms with Crippen molar-refractivity contribution in [3.8, 4) is 11.4 Å². The Bertz CT molecular complexity index is 858. The quantitative estimate of drug-likeness (QED) is 0.875. The lowest BCUT2D eigenvalue weighted by molar-refractivity contribution is -0.121. The monoisotopic (exact) mass is 365 g/mol. The summed E-state index contributed by atoms with van der Waals surface area (Å²) in [6.07, 6.45) is 8.01. The molecule has 4 unspecified atom stereocenters. The van der Waals surface area contributed by atoms with Gasteiger partial charge in [-0.1, -0.05) is 18.6 Å². The normalized spacial score (nSPS) is 29.4. The van der Waals surface area contributed by atoms with E-state index in [-0.39, 0.29) is 17.9 Å². The van der Waals surface area contributed by atoms with Gasteiger partial charge in [0.25, 0.3) is 0 Å². The number of hydrogen-bond acceptors (Lipinski definition) is 4. The number of amides is 1. The number of fused-ring (bicyclic) bond motifs is 3. The number of aryl methyl sites for hydroxylation is 1. The lowest BCUT2D eigenvalue weighted by Gasteiger charge is -2.27. The van der Waals surface area contributed by atoms with Gasteiger partial charge in [0.1, 0.15) is 5.82 Å². The summed E-state index contributed by atoms with van der Waals surface area (Å²) >= 11 is 0. The zero-order valence-electron chi connectivity index (χ0n) is 15.6. The van der Waals surface area contributed by atoms with Crippen LogP contribution in [0.1, 0.15) is 44.3 Å². The highest BCUT2D eigenvalue weighted by molar-refractivity contribution is 5.94. The van der Waals surface area contributed by atoms with Crippen molar-refractivity contribution >= 4 is 11.6 Å². The van der Waals surface area contributed by atoms with E-state index < -0.39 is 0 Å². The van der Waals surface area contributed by atoms with Gasteiger partial charge in [-0.25, -0.2) is 0 Å². The molecular formula is C21H27N5O. The Kier molecular flexibility index (Phi) is 4.23. The largest absolute Gasteiger partial charge is 0.327 e. The third kappa shape index (κ3) is 2.96. The molecule has 2 aliphatic carbocycles. The first-order chi connectivity index (χ1) is 13.2. The Morgan fingerprint density at radius 2 is 2.04 bits per heavy atom. The average molecular weight is 365 g/mol. The van der Waals surface area contributed by atoms with Crippen molar-refractivity contribution in [1.82, 2.24) is 14.8 Å². The molecule has 0 spiro atoms. The minimum Gasteiger partial charge on any atom is -0.327 e. The highest BCUT2D eigenvalue weighted by Crippen LogP contribution is 2.48. The van der Waals surface area contributed by atoms with Gasteiger partial charge in [0, 0.05) is 30.3 Å². The van der Waals surface area contributed by atoms with Crippen molar-refractivity contribution in [3.63, 3.8) is 0 Å². The molecule has 27 heavy (non-hydrogen) atoms. The minimum absolute atomic E-state index is 0.0131. The molecule has 6 heteroatoms. The van der Waals surface area contributed by atoms with Gasteiger partial charge >= 0.3 is 0 Å². The molecule has 2 heterocycles. The smallest absolute Gasteiger partial charge is 0.229 e. The molecule has 2 saturated carbocycles. The molecular weight excluding hydrogens is 338 g/mol. The lowest BCUT2D eigenvalue weighted by Crippen LogP contribution is -2.42. The van der Waals surface area contributed by atoms with Gasteiger partial charge in [-0.15, -0.1) is 10.2 Å². The fourth-order valence-electron chi connectivity index (χ4n) is 5.39. The molecule has 4 atom stereocenters. The zero-order valence-corrected chi connectivity index (χ0v) is 15.6. The molecule has 0 radical (unpaired) electrons. The third-order valence-electron chi connectivity index (χ3n) is 6.78. The van der Waals surface area contributed by atoms with Gasteiger partial charge in [0.2, 0.25) is 5.91 Å². The summed E-state index contributed by atoms with van der Waals surface area (Å²) in [6, 6.07) is 7.99. The number of rotatable bonds is 3. The van der Waals surface area contributed by atoms with Crippen molar-refractivity contribution < 1.29 is 4.79 Å². The van der Waals surface area contributed by atoms with Crippen LogP contribution in [0.2, 0.25) is 0 Å². The van der Waals surface area contributed by atoms with E-state index in [9.17, 15) is 4.79 Å². The van der Waals surface area contributed by atoms with Crippen molar-refractivity contribution in [1.29, 1.82) is 0 Å². The summed E-state index contributed by atoms with van der Waals surface area (Å²) in [5.41, 5.74) is 8.16. The predicted octanol–water partition coefficient (Wildman–Crippen LogP) is 2.98. The number of aromatic nitrogens is 3. The Hall–Kier alpha value is -2.21. The van der Waals surface area contributed by atoms with Crippen molar-refractivity contribution in [3.05, 3.63) is 30.1 Å². The van der Waals surface area contributed by atoms with E-state index in [1.54, 1.807) is 0 Å². The van der Waals surface area contributed by atoms with E-state index in [0.717, 1.165) is 55.1 Å². The van der Waals surface area contributed by atoms with Crippen LogP contribution < -0.4 is 11.1 Å². The molecule has 1 aromatic carbocycles. The zero-order chi connectivity index (χ0) is 18.4. The maximum atomic E-state index is 12.9. The summed E-state index contributed by atoms with van der Waals surface area (Å²) in [4.78, 5) is 12.9. The second-order valence-electron chi connectivity index (χ2n) is 8.41. The fourth-order valence-corrected chi connectivity index (χ4v) is 5.39. The fraction of sp³-hybridized carbons (Fsp3) is 0.571. The molecule has 1 amide bonds. The Labute approximate surface area is 159 Å². The number of hydrogen-bond donors (Lipinski definition) is 2. The number of nitrogens with one attached hydrogen (secondary N) is 1. The van der Waals surface area contributed by atoms with Gasteiger partial charge < -0.3 is 15.6 Å². The van der Waals surface area contributed by atoms with Crippen LogP contribution in [-0.4, -0.2) is 26.7 Å². The topological polar surface area (TPSA) is 85.8 Å². The van der Waals surface area contributed by atoms with Gasteiger partial charge in [-0.3, -0.25) is 4.79 Å². The van der Waals surface area contributed by atoms with Crippen LogP contribution in [-0.2, 0) is 17.8 Å². The summed E-state index contributed by atoms with van der Waals surface area (Å²) in [5, 5.41) is 11.9. The number of carbonyl (C=O) groups excluding carboxylic acids is 1. The average Bonchev–Trinajstić information content (AvgIpc) is 3.33. The molecule has 1 aliphatic heterocycles. The van der Waals surface area contributed by atoms with Crippen LogP contribution in [0.4, 0.5) is 5.69 Å². The predicted molar refractivity (Wildman–Crippen MR) is 104 cm³/mol. The molecule has 1 aromatic heterocycles. The van der Waals surface area contributed by atoms with Gasteiger partial charge in [-0.05, 0) is 56.1 Å². The molecule has 5 rings (SSSR count). The lowest BCUT2D eigenvalue weighted by atomic mass is 9.84. The van der Waals surface area contributed by atoms with E-state index in [2.05, 4.69) is 20.1 Å². The Morgan fingerprint density at radius 3 is 2.89 bits per heavy atom. The van der Waals surface area contributed by atoms with Crippen LogP contribution in [0.5, 0.6) is 0 Å². The maximum Gasteiger partial charge on any atom is 0.229 e. The second kappa shape index (κ2) is 6.75. The molecule has 3 N–H and O–H groups in total. The first-order valence-corrected chi connectivity index (χ1v) is 10.3. The van der Waals surface area contributed by atoms with E-state index in [1.165, 1.54) is 19.3 Å². The summed E-state index contributed by atoms with van der Waals surface area (Å²) in [5.74, 6) is 3.00. The highest BCUT2D eigenvalue weighted by Gasteiger charge is 2.49. The van der Waals surface area contributed by atoms with E-state index in [0.29, 0.717) is 11.8 Å². The molecule has 2 bridgehead atoms. The van der Waals surface area contributed by atoms with Gasteiger partial charge in [-0.2, -0.15) is 0 Å². The molecule has 6 nitrogen and oxygen atoms in total. The summed E-state index contributed by atoms with van der Waals surface area (Å²) < 4.78 is 2.24. The van der Waals surface area contributed by atoms with Crippen molar-refractivity contribution in [2.24, 2.45) is 23.5 Å². The SMILES string of the molecule is NC1C2CCC(C2)C1C(=O)Nc1cccc(-c2nnc3n2CCCCC3)c1. The number of nitrogens with two attached hydrogens (primary N) is 1. The van der Waals surface area contributed by atoms with Gasteiger partial charge in [0.15, 0.2) is 5.82 Å².